The van der Waals surface area contributed by atoms with E-state index in [1.165, 1.54) is 6.39 Å². The fourth-order valence-corrected chi connectivity index (χ4v) is 2.66. The summed E-state index contributed by atoms with van der Waals surface area (Å²) in [7, 11) is 0. The second kappa shape index (κ2) is 4.19. The molecule has 18 heavy (non-hydrogen) atoms. The Kier molecular flexibility index (Phi) is 2.77. The summed E-state index contributed by atoms with van der Waals surface area (Å²) in [5.74, 6) is -2.54. The number of fused-ring (bicyclic) bond motifs is 1. The van der Waals surface area contributed by atoms with Crippen LogP contribution >= 0.6 is 15.9 Å². The predicted octanol–water partition coefficient (Wildman–Crippen LogP) is 3.83. The Morgan fingerprint density at radius 2 is 2.00 bits per heavy atom. The summed E-state index contributed by atoms with van der Waals surface area (Å²) in [6, 6.07) is 3.72. The third-order valence-electron chi connectivity index (χ3n) is 3.22. The molecule has 6 heteroatoms. The van der Waals surface area contributed by atoms with Gasteiger partial charge < -0.3 is 9.32 Å². The minimum absolute atomic E-state index is 0.112. The second-order valence-electron chi connectivity index (χ2n) is 4.47. The third-order valence-corrected chi connectivity index (χ3v) is 3.67. The van der Waals surface area contributed by atoms with Crippen molar-refractivity contribution in [1.82, 2.24) is 4.98 Å². The Morgan fingerprint density at radius 3 is 2.72 bits per heavy atom. The maximum Gasteiger partial charge on any atom is 0.251 e. The molecule has 1 fully saturated rings. The van der Waals surface area contributed by atoms with E-state index >= 15 is 0 Å². The van der Waals surface area contributed by atoms with Crippen LogP contribution in [0.4, 0.5) is 14.5 Å². The normalized spacial score (nSPS) is 19.4. The Hall–Kier alpha value is -1.17. The average Bonchev–Trinajstić information content (AvgIpc) is 2.76. The van der Waals surface area contributed by atoms with E-state index in [-0.39, 0.29) is 12.8 Å². The molecule has 0 spiro atoms. The molecule has 2 aromatic rings. The van der Waals surface area contributed by atoms with Crippen LogP contribution in [-0.4, -0.2) is 24.0 Å². The van der Waals surface area contributed by atoms with E-state index in [4.69, 9.17) is 4.42 Å². The van der Waals surface area contributed by atoms with Crippen LogP contribution in [0.1, 0.15) is 12.8 Å². The Morgan fingerprint density at radius 1 is 1.28 bits per heavy atom. The first kappa shape index (κ1) is 11.9. The summed E-state index contributed by atoms with van der Waals surface area (Å²) in [5, 5.41) is 0. The van der Waals surface area contributed by atoms with Gasteiger partial charge in [-0.1, -0.05) is 15.9 Å². The number of halogens is 3. The number of piperidine rings is 1. The molecule has 1 saturated heterocycles. The zero-order valence-electron chi connectivity index (χ0n) is 9.50. The topological polar surface area (TPSA) is 29.3 Å². The number of aromatic nitrogens is 1. The summed E-state index contributed by atoms with van der Waals surface area (Å²) in [6.07, 6.45) is 1.15. The van der Waals surface area contributed by atoms with E-state index in [2.05, 4.69) is 20.9 Å². The van der Waals surface area contributed by atoms with Crippen molar-refractivity contribution in [3.8, 4) is 0 Å². The van der Waals surface area contributed by atoms with Gasteiger partial charge in [-0.25, -0.2) is 13.8 Å². The van der Waals surface area contributed by atoms with Crippen molar-refractivity contribution < 1.29 is 13.2 Å². The van der Waals surface area contributed by atoms with Gasteiger partial charge in [0.2, 0.25) is 0 Å². The van der Waals surface area contributed by atoms with Gasteiger partial charge in [-0.2, -0.15) is 0 Å². The lowest BCUT2D eigenvalue weighted by molar-refractivity contribution is -0.0220. The fraction of sp³-hybridized carbons (Fsp3) is 0.417. The molecule has 0 atom stereocenters. The van der Waals surface area contributed by atoms with E-state index in [1.807, 2.05) is 17.0 Å². The van der Waals surface area contributed by atoms with E-state index < -0.39 is 5.92 Å². The van der Waals surface area contributed by atoms with E-state index in [9.17, 15) is 8.78 Å². The van der Waals surface area contributed by atoms with Crippen molar-refractivity contribution in [3.05, 3.63) is 23.0 Å². The molecule has 0 unspecified atom stereocenters. The van der Waals surface area contributed by atoms with Gasteiger partial charge in [0.1, 0.15) is 5.52 Å². The van der Waals surface area contributed by atoms with Crippen LogP contribution in [0.3, 0.4) is 0 Å². The van der Waals surface area contributed by atoms with Gasteiger partial charge in [0, 0.05) is 30.4 Å². The Balaban J connectivity index is 1.97. The first-order chi connectivity index (χ1) is 8.55. The smallest absolute Gasteiger partial charge is 0.251 e. The van der Waals surface area contributed by atoms with Crippen molar-refractivity contribution in [3.63, 3.8) is 0 Å². The van der Waals surface area contributed by atoms with E-state index in [0.717, 1.165) is 15.7 Å². The number of benzene rings is 1. The monoisotopic (exact) mass is 316 g/mol. The molecule has 1 aliphatic rings. The second-order valence-corrected chi connectivity index (χ2v) is 5.38. The summed E-state index contributed by atoms with van der Waals surface area (Å²) in [4.78, 5) is 6.09. The van der Waals surface area contributed by atoms with Crippen LogP contribution in [0.25, 0.3) is 11.1 Å². The number of oxazole rings is 1. The largest absolute Gasteiger partial charge is 0.443 e. The summed E-state index contributed by atoms with van der Waals surface area (Å²) in [6.45, 7) is 0.677. The first-order valence-corrected chi connectivity index (χ1v) is 6.50. The zero-order chi connectivity index (χ0) is 12.8. The van der Waals surface area contributed by atoms with Crippen LogP contribution in [0.2, 0.25) is 0 Å². The number of alkyl halides is 2. The van der Waals surface area contributed by atoms with Crippen LogP contribution in [-0.2, 0) is 0 Å². The Bertz CT molecular complexity index is 574. The molecule has 0 radical (unpaired) electrons. The van der Waals surface area contributed by atoms with Crippen LogP contribution in [0, 0.1) is 0 Å². The number of anilines is 1. The molecule has 3 rings (SSSR count). The van der Waals surface area contributed by atoms with Gasteiger partial charge in [0.05, 0.1) is 5.69 Å². The molecule has 0 amide bonds. The highest BCUT2D eigenvalue weighted by Crippen LogP contribution is 2.35. The SMILES string of the molecule is FC1(F)CCN(c2cc(Br)cc3ocnc23)CC1. The number of rotatable bonds is 1. The van der Waals surface area contributed by atoms with E-state index in [0.29, 0.717) is 18.7 Å². The molecule has 0 bridgehead atoms. The van der Waals surface area contributed by atoms with Gasteiger partial charge in [-0.3, -0.25) is 0 Å². The molecule has 1 aliphatic heterocycles. The van der Waals surface area contributed by atoms with Gasteiger partial charge in [0.15, 0.2) is 12.0 Å². The number of nitrogens with zero attached hydrogens (tertiary/aromatic N) is 2. The van der Waals surface area contributed by atoms with Gasteiger partial charge >= 0.3 is 0 Å². The molecule has 96 valence electrons. The van der Waals surface area contributed by atoms with Crippen molar-refractivity contribution in [2.24, 2.45) is 0 Å². The first-order valence-electron chi connectivity index (χ1n) is 5.71. The Labute approximate surface area is 111 Å². The molecule has 1 aromatic carbocycles. The van der Waals surface area contributed by atoms with Crippen molar-refractivity contribution in [2.45, 2.75) is 18.8 Å². The van der Waals surface area contributed by atoms with Crippen molar-refractivity contribution in [1.29, 1.82) is 0 Å². The summed E-state index contributed by atoms with van der Waals surface area (Å²) in [5.41, 5.74) is 2.24. The molecule has 1 aromatic heterocycles. The van der Waals surface area contributed by atoms with E-state index in [1.54, 1.807) is 0 Å². The number of hydrogen-bond acceptors (Lipinski definition) is 3. The standard InChI is InChI=1S/C12H11BrF2N2O/c13-8-5-9(11-10(6-8)18-7-16-11)17-3-1-12(14,15)2-4-17/h5-7H,1-4H2. The van der Waals surface area contributed by atoms with Crippen molar-refractivity contribution >= 4 is 32.7 Å². The van der Waals surface area contributed by atoms with Crippen LogP contribution in [0.5, 0.6) is 0 Å². The highest BCUT2D eigenvalue weighted by atomic mass is 79.9. The molecular weight excluding hydrogens is 306 g/mol. The molecule has 0 N–H and O–H groups in total. The third kappa shape index (κ3) is 2.09. The maximum atomic E-state index is 13.2. The van der Waals surface area contributed by atoms with Gasteiger partial charge in [-0.05, 0) is 12.1 Å². The molecule has 0 saturated carbocycles. The van der Waals surface area contributed by atoms with Crippen LogP contribution < -0.4 is 4.90 Å². The average molecular weight is 317 g/mol. The molecule has 2 heterocycles. The highest BCUT2D eigenvalue weighted by Gasteiger charge is 2.34. The highest BCUT2D eigenvalue weighted by molar-refractivity contribution is 9.10. The lowest BCUT2D eigenvalue weighted by Gasteiger charge is -2.33. The molecule has 3 nitrogen and oxygen atoms in total. The molecule has 0 aliphatic carbocycles. The van der Waals surface area contributed by atoms with Crippen LogP contribution in [0.15, 0.2) is 27.4 Å². The van der Waals surface area contributed by atoms with Gasteiger partial charge in [-0.15, -0.1) is 0 Å². The number of hydrogen-bond donors (Lipinski definition) is 0. The van der Waals surface area contributed by atoms with Gasteiger partial charge in [0.25, 0.3) is 5.92 Å². The predicted molar refractivity (Wildman–Crippen MR) is 68.1 cm³/mol. The minimum atomic E-state index is -2.54. The summed E-state index contributed by atoms with van der Waals surface area (Å²) >= 11 is 3.39. The lowest BCUT2D eigenvalue weighted by atomic mass is 10.1. The fourth-order valence-electron chi connectivity index (χ4n) is 2.23. The lowest BCUT2D eigenvalue weighted by Crippen LogP contribution is -2.39. The summed E-state index contributed by atoms with van der Waals surface area (Å²) < 4.78 is 32.4. The quantitative estimate of drug-likeness (QED) is 0.800. The maximum absolute atomic E-state index is 13.2. The zero-order valence-corrected chi connectivity index (χ0v) is 11.1. The minimum Gasteiger partial charge on any atom is -0.443 e. The van der Waals surface area contributed by atoms with Crippen molar-refractivity contribution in [2.75, 3.05) is 18.0 Å². The molecular formula is C12H11BrF2N2O.